The van der Waals surface area contributed by atoms with E-state index in [1.165, 1.54) is 23.1 Å². The Morgan fingerprint density at radius 2 is 2.07 bits per heavy atom. The standard InChI is InChI=1S/C19H21FN4O4/c1-2-3-6-24-16(26)14-12(8-13(21)25)23-19(15(14)17(24)27)10-7-9(20)4-5-11(10)22-18(19)28/h4-5,7,12,14-15,23H,2-3,6,8H2,1H3,(H2,21,25)(H,22,28)/p+1/t12-,14-,15+,19+/m1/s1. The second kappa shape index (κ2) is 6.37. The van der Waals surface area contributed by atoms with E-state index in [9.17, 15) is 23.6 Å². The van der Waals surface area contributed by atoms with Crippen LogP contribution in [0.1, 0.15) is 31.7 Å². The van der Waals surface area contributed by atoms with Crippen LogP contribution in [0, 0.1) is 17.7 Å². The maximum Gasteiger partial charge on any atom is 0.291 e. The molecule has 0 radical (unpaired) electrons. The maximum absolute atomic E-state index is 14.0. The topological polar surface area (TPSA) is 126 Å². The van der Waals surface area contributed by atoms with Crippen LogP contribution in [0.2, 0.25) is 0 Å². The molecule has 28 heavy (non-hydrogen) atoms. The highest BCUT2D eigenvalue weighted by Gasteiger charge is 2.74. The lowest BCUT2D eigenvalue weighted by atomic mass is 9.76. The van der Waals surface area contributed by atoms with Gasteiger partial charge in [0, 0.05) is 12.1 Å². The number of amides is 4. The smallest absolute Gasteiger partial charge is 0.291 e. The first-order chi connectivity index (χ1) is 13.3. The van der Waals surface area contributed by atoms with Gasteiger partial charge in [0.15, 0.2) is 0 Å². The lowest BCUT2D eigenvalue weighted by Gasteiger charge is -2.26. The number of unbranched alkanes of at least 4 members (excludes halogenated alkanes) is 1. The van der Waals surface area contributed by atoms with Gasteiger partial charge in [-0.2, -0.15) is 0 Å². The predicted molar refractivity (Wildman–Crippen MR) is 94.8 cm³/mol. The second-order valence-electron chi connectivity index (χ2n) is 7.70. The third-order valence-electron chi connectivity index (χ3n) is 6.09. The molecule has 3 aliphatic rings. The van der Waals surface area contributed by atoms with Gasteiger partial charge in [-0.15, -0.1) is 0 Å². The molecule has 0 unspecified atom stereocenters. The molecule has 0 bridgehead atoms. The average molecular weight is 389 g/mol. The monoisotopic (exact) mass is 389 g/mol. The molecule has 5 N–H and O–H groups in total. The normalized spacial score (nSPS) is 30.7. The van der Waals surface area contributed by atoms with Crippen molar-refractivity contribution >= 4 is 29.3 Å². The van der Waals surface area contributed by atoms with Gasteiger partial charge in [-0.1, -0.05) is 13.3 Å². The number of nitrogens with one attached hydrogen (secondary N) is 1. The van der Waals surface area contributed by atoms with Gasteiger partial charge < -0.3 is 16.4 Å². The molecule has 0 aromatic heterocycles. The number of likely N-dealkylation sites (tertiary alicyclic amines) is 1. The Hall–Kier alpha value is -2.81. The predicted octanol–water partition coefficient (Wildman–Crippen LogP) is -0.805. The van der Waals surface area contributed by atoms with Gasteiger partial charge in [-0.25, -0.2) is 4.39 Å². The van der Waals surface area contributed by atoms with E-state index in [1.54, 1.807) is 5.32 Å². The van der Waals surface area contributed by atoms with E-state index in [0.29, 0.717) is 17.7 Å². The van der Waals surface area contributed by atoms with Crippen molar-refractivity contribution in [1.82, 2.24) is 4.90 Å². The Bertz CT molecular complexity index is 904. The van der Waals surface area contributed by atoms with Crippen LogP contribution in [-0.2, 0) is 24.7 Å². The number of fused-ring (bicyclic) bond motifs is 4. The number of imide groups is 1. The number of hydrogen-bond donors (Lipinski definition) is 3. The number of rotatable bonds is 5. The van der Waals surface area contributed by atoms with Crippen LogP contribution in [0.5, 0.6) is 0 Å². The van der Waals surface area contributed by atoms with E-state index in [-0.39, 0.29) is 18.9 Å². The molecule has 8 nitrogen and oxygen atoms in total. The quantitative estimate of drug-likeness (QED) is 0.570. The average Bonchev–Trinajstić information content (AvgIpc) is 3.19. The van der Waals surface area contributed by atoms with Gasteiger partial charge in [-0.3, -0.25) is 24.1 Å². The Balaban J connectivity index is 1.85. The van der Waals surface area contributed by atoms with Crippen LogP contribution >= 0.6 is 0 Å². The largest absolute Gasteiger partial charge is 0.369 e. The molecule has 4 amide bonds. The Kier molecular flexibility index (Phi) is 4.22. The fourth-order valence-corrected chi connectivity index (χ4v) is 4.95. The number of nitrogens with zero attached hydrogens (tertiary/aromatic N) is 1. The fourth-order valence-electron chi connectivity index (χ4n) is 4.95. The van der Waals surface area contributed by atoms with E-state index in [1.807, 2.05) is 6.92 Å². The molecular weight excluding hydrogens is 367 g/mol. The first-order valence-corrected chi connectivity index (χ1v) is 9.42. The number of hydrogen-bond acceptors (Lipinski definition) is 4. The number of nitrogens with two attached hydrogens (primary N) is 2. The molecule has 0 aliphatic carbocycles. The van der Waals surface area contributed by atoms with E-state index in [2.05, 4.69) is 5.32 Å². The number of benzene rings is 1. The third kappa shape index (κ3) is 2.39. The van der Waals surface area contributed by atoms with E-state index in [4.69, 9.17) is 5.73 Å². The zero-order valence-electron chi connectivity index (χ0n) is 15.4. The van der Waals surface area contributed by atoms with Crippen molar-refractivity contribution in [3.8, 4) is 0 Å². The molecule has 1 aromatic rings. The van der Waals surface area contributed by atoms with Crippen LogP contribution in [0.25, 0.3) is 0 Å². The molecule has 4 atom stereocenters. The van der Waals surface area contributed by atoms with Gasteiger partial charge in [-0.05, 0) is 24.6 Å². The first-order valence-electron chi connectivity index (χ1n) is 9.42. The highest BCUT2D eigenvalue weighted by atomic mass is 19.1. The third-order valence-corrected chi connectivity index (χ3v) is 6.09. The van der Waals surface area contributed by atoms with Gasteiger partial charge in [0.1, 0.15) is 23.7 Å². The summed E-state index contributed by atoms with van der Waals surface area (Å²) in [5.74, 6) is -4.33. The summed E-state index contributed by atoms with van der Waals surface area (Å²) < 4.78 is 14.0. The van der Waals surface area contributed by atoms with Crippen LogP contribution in [0.3, 0.4) is 0 Å². The lowest BCUT2D eigenvalue weighted by molar-refractivity contribution is -0.732. The van der Waals surface area contributed by atoms with Gasteiger partial charge >= 0.3 is 0 Å². The summed E-state index contributed by atoms with van der Waals surface area (Å²) in [6, 6.07) is 3.23. The van der Waals surface area contributed by atoms with Crippen molar-refractivity contribution in [2.24, 2.45) is 17.6 Å². The van der Waals surface area contributed by atoms with E-state index in [0.717, 1.165) is 6.42 Å². The molecule has 0 saturated carbocycles. The van der Waals surface area contributed by atoms with Crippen molar-refractivity contribution in [2.75, 3.05) is 11.9 Å². The molecule has 2 saturated heterocycles. The Morgan fingerprint density at radius 3 is 2.75 bits per heavy atom. The minimum atomic E-state index is -1.48. The molecule has 1 spiro atoms. The molecule has 3 heterocycles. The number of anilines is 1. The summed E-state index contributed by atoms with van der Waals surface area (Å²) in [4.78, 5) is 52.1. The zero-order valence-corrected chi connectivity index (χ0v) is 15.4. The second-order valence-corrected chi connectivity index (χ2v) is 7.70. The van der Waals surface area contributed by atoms with Crippen LogP contribution in [0.4, 0.5) is 10.1 Å². The summed E-state index contributed by atoms with van der Waals surface area (Å²) in [6.07, 6.45) is 1.29. The summed E-state index contributed by atoms with van der Waals surface area (Å²) in [5, 5.41) is 4.27. The number of carbonyl (C=O) groups excluding carboxylic acids is 4. The number of halogens is 1. The molecule has 3 aliphatic heterocycles. The molecule has 148 valence electrons. The highest BCUT2D eigenvalue weighted by molar-refractivity contribution is 6.14. The number of carbonyl (C=O) groups is 4. The van der Waals surface area contributed by atoms with Crippen LogP contribution < -0.4 is 16.4 Å². The summed E-state index contributed by atoms with van der Waals surface area (Å²) in [6.45, 7) is 2.21. The van der Waals surface area contributed by atoms with Gasteiger partial charge in [0.05, 0.1) is 12.1 Å². The van der Waals surface area contributed by atoms with E-state index < -0.39 is 47.0 Å². The van der Waals surface area contributed by atoms with Crippen molar-refractivity contribution in [1.29, 1.82) is 0 Å². The minimum Gasteiger partial charge on any atom is -0.369 e. The summed E-state index contributed by atoms with van der Waals surface area (Å²) >= 11 is 0. The van der Waals surface area contributed by atoms with Crippen LogP contribution in [-0.4, -0.2) is 41.1 Å². The highest BCUT2D eigenvalue weighted by Crippen LogP contribution is 2.49. The first kappa shape index (κ1) is 18.5. The molecule has 1 aromatic carbocycles. The van der Waals surface area contributed by atoms with Crippen molar-refractivity contribution < 1.29 is 28.9 Å². The van der Waals surface area contributed by atoms with Gasteiger partial charge in [0.2, 0.25) is 23.3 Å². The Labute approximate surface area is 160 Å². The summed E-state index contributed by atoms with van der Waals surface area (Å²) in [7, 11) is 0. The van der Waals surface area contributed by atoms with Gasteiger partial charge in [0.25, 0.3) is 5.91 Å². The Morgan fingerprint density at radius 1 is 1.32 bits per heavy atom. The van der Waals surface area contributed by atoms with Crippen molar-refractivity contribution in [2.45, 2.75) is 37.8 Å². The zero-order chi connectivity index (χ0) is 20.2. The number of primary amides is 1. The van der Waals surface area contributed by atoms with E-state index >= 15 is 0 Å². The summed E-state index contributed by atoms with van der Waals surface area (Å²) in [5.41, 5.74) is 4.63. The van der Waals surface area contributed by atoms with Crippen LogP contribution in [0.15, 0.2) is 18.2 Å². The fraction of sp³-hybridized carbons (Fsp3) is 0.474. The molecule has 9 heteroatoms. The maximum atomic E-state index is 14.0. The molecule has 4 rings (SSSR count). The molecular formula is C19H22FN4O4+. The van der Waals surface area contributed by atoms with Crippen molar-refractivity contribution in [3.05, 3.63) is 29.6 Å². The minimum absolute atomic E-state index is 0.151. The SMILES string of the molecule is CCCCN1C(=O)[C@H]2[C@@H](C1=O)[C@]1([NH2+][C@@H]2CC(N)=O)C(=O)Nc2ccc(F)cc21. The lowest BCUT2D eigenvalue weighted by Crippen LogP contribution is -2.99. The molecule has 2 fully saturated rings. The van der Waals surface area contributed by atoms with Crippen molar-refractivity contribution in [3.63, 3.8) is 0 Å². The number of quaternary nitrogens is 1.